The molecule has 7 nitrogen and oxygen atoms in total. The Morgan fingerprint density at radius 2 is 1.79 bits per heavy atom. The summed E-state index contributed by atoms with van der Waals surface area (Å²) in [7, 11) is 0. The number of carbonyl (C=O) groups is 2. The fourth-order valence-electron chi connectivity index (χ4n) is 3.09. The van der Waals surface area contributed by atoms with E-state index in [1.807, 2.05) is 0 Å². The molecule has 0 aliphatic heterocycles. The smallest absolute Gasteiger partial charge is 0.436 e. The molecule has 1 aromatic heterocycles. The van der Waals surface area contributed by atoms with Crippen LogP contribution < -0.4 is 10.1 Å². The minimum absolute atomic E-state index is 0.0147. The number of ether oxygens (including phenoxy) is 1. The van der Waals surface area contributed by atoms with Gasteiger partial charge in [-0.3, -0.25) is 4.79 Å². The van der Waals surface area contributed by atoms with Crippen molar-refractivity contribution in [2.75, 3.05) is 0 Å². The van der Waals surface area contributed by atoms with E-state index in [2.05, 4.69) is 10.4 Å². The monoisotopic (exact) mass is 515 g/mol. The van der Waals surface area contributed by atoms with E-state index in [0.29, 0.717) is 5.56 Å². The molecule has 0 aliphatic carbocycles. The average molecular weight is 516 g/mol. The first-order chi connectivity index (χ1) is 15.9. The number of alkyl halides is 3. The zero-order valence-corrected chi connectivity index (χ0v) is 19.3. The van der Waals surface area contributed by atoms with E-state index in [-0.39, 0.29) is 27.9 Å². The molecule has 3 aromatic rings. The van der Waals surface area contributed by atoms with Crippen LogP contribution >= 0.6 is 23.2 Å². The molecule has 3 rings (SSSR count). The van der Waals surface area contributed by atoms with Crippen LogP contribution in [0.1, 0.15) is 51.9 Å². The van der Waals surface area contributed by atoms with E-state index in [0.717, 1.165) is 4.68 Å². The molecule has 1 heterocycles. The van der Waals surface area contributed by atoms with Crippen molar-refractivity contribution in [1.29, 1.82) is 0 Å². The van der Waals surface area contributed by atoms with Gasteiger partial charge in [-0.15, -0.1) is 0 Å². The lowest BCUT2D eigenvalue weighted by Crippen LogP contribution is -2.28. The highest BCUT2D eigenvalue weighted by molar-refractivity contribution is 6.42. The van der Waals surface area contributed by atoms with E-state index < -0.39 is 41.2 Å². The van der Waals surface area contributed by atoms with Gasteiger partial charge in [0.15, 0.2) is 5.69 Å². The van der Waals surface area contributed by atoms with Gasteiger partial charge in [-0.1, -0.05) is 35.3 Å². The number of aromatic nitrogens is 2. The standard InChI is InChI=1S/C22H18Cl2F3N3O4/c1-3-30-20(34-14-8-9-15(23)16(24)10-14)17(18(29-30)22(25,26)27)19(31)28-11(2)12-4-6-13(7-5-12)21(32)33/h4-11H,3H2,1-2H3,(H,28,31)(H,32,33). The Hall–Kier alpha value is -3.24. The highest BCUT2D eigenvalue weighted by atomic mass is 35.5. The minimum atomic E-state index is -4.94. The van der Waals surface area contributed by atoms with Crippen LogP contribution in [0.25, 0.3) is 0 Å². The number of benzene rings is 2. The van der Waals surface area contributed by atoms with E-state index in [4.69, 9.17) is 33.0 Å². The number of aromatic carboxylic acids is 1. The molecule has 0 radical (unpaired) electrons. The van der Waals surface area contributed by atoms with Crippen molar-refractivity contribution in [3.05, 3.63) is 74.9 Å². The van der Waals surface area contributed by atoms with Crippen LogP contribution in [0.2, 0.25) is 10.0 Å². The number of aryl methyl sites for hydroxylation is 1. The number of carboxylic acid groups (broad SMARTS) is 1. The van der Waals surface area contributed by atoms with Crippen molar-refractivity contribution in [2.24, 2.45) is 0 Å². The third-order valence-corrected chi connectivity index (χ3v) is 5.55. The maximum Gasteiger partial charge on any atom is 0.436 e. The van der Waals surface area contributed by atoms with Crippen LogP contribution in [-0.2, 0) is 12.7 Å². The van der Waals surface area contributed by atoms with Crippen LogP contribution in [0, 0.1) is 0 Å². The van der Waals surface area contributed by atoms with Crippen LogP contribution in [-0.4, -0.2) is 26.8 Å². The third kappa shape index (κ3) is 5.45. The molecule has 34 heavy (non-hydrogen) atoms. The fraction of sp³-hybridized carbons (Fsp3) is 0.227. The van der Waals surface area contributed by atoms with Gasteiger partial charge >= 0.3 is 12.1 Å². The molecule has 2 aromatic carbocycles. The minimum Gasteiger partial charge on any atom is -0.478 e. The quantitative estimate of drug-likeness (QED) is 0.390. The van der Waals surface area contributed by atoms with Crippen LogP contribution in [0.15, 0.2) is 42.5 Å². The van der Waals surface area contributed by atoms with Gasteiger partial charge < -0.3 is 15.2 Å². The van der Waals surface area contributed by atoms with E-state index in [1.54, 1.807) is 13.8 Å². The number of amides is 1. The topological polar surface area (TPSA) is 93.5 Å². The van der Waals surface area contributed by atoms with E-state index in [9.17, 15) is 22.8 Å². The normalized spacial score (nSPS) is 12.3. The summed E-state index contributed by atoms with van der Waals surface area (Å²) < 4.78 is 47.9. The number of hydrogen-bond acceptors (Lipinski definition) is 4. The van der Waals surface area contributed by atoms with Crippen molar-refractivity contribution in [3.63, 3.8) is 0 Å². The van der Waals surface area contributed by atoms with Crippen molar-refractivity contribution >= 4 is 35.1 Å². The maximum absolute atomic E-state index is 13.8. The molecule has 1 atom stereocenters. The first-order valence-electron chi connectivity index (χ1n) is 9.87. The molecule has 1 amide bonds. The molecule has 180 valence electrons. The van der Waals surface area contributed by atoms with Crippen LogP contribution in [0.5, 0.6) is 11.6 Å². The Kier molecular flexibility index (Phi) is 7.42. The summed E-state index contributed by atoms with van der Waals surface area (Å²) in [5, 5.41) is 15.4. The average Bonchev–Trinajstić information content (AvgIpc) is 3.15. The van der Waals surface area contributed by atoms with Crippen LogP contribution in [0.4, 0.5) is 13.2 Å². The molecule has 0 spiro atoms. The molecular formula is C22H18Cl2F3N3O4. The predicted molar refractivity (Wildman–Crippen MR) is 119 cm³/mol. The Morgan fingerprint density at radius 3 is 2.32 bits per heavy atom. The van der Waals surface area contributed by atoms with Crippen molar-refractivity contribution in [2.45, 2.75) is 32.6 Å². The number of carbonyl (C=O) groups excluding carboxylic acids is 1. The van der Waals surface area contributed by atoms with E-state index in [1.165, 1.54) is 42.5 Å². The Balaban J connectivity index is 2.00. The third-order valence-electron chi connectivity index (χ3n) is 4.81. The van der Waals surface area contributed by atoms with Crippen molar-refractivity contribution in [1.82, 2.24) is 15.1 Å². The number of rotatable bonds is 7. The van der Waals surface area contributed by atoms with Gasteiger partial charge in [0.1, 0.15) is 11.3 Å². The number of halogens is 5. The Morgan fingerprint density at radius 1 is 1.15 bits per heavy atom. The predicted octanol–water partition coefficient (Wildman–Crippen LogP) is 6.21. The van der Waals surface area contributed by atoms with Crippen molar-refractivity contribution in [3.8, 4) is 11.6 Å². The lowest BCUT2D eigenvalue weighted by molar-refractivity contribution is -0.141. The van der Waals surface area contributed by atoms with E-state index >= 15 is 0 Å². The molecule has 0 aliphatic rings. The Labute approximate surface area is 202 Å². The van der Waals surface area contributed by atoms with Gasteiger partial charge in [-0.2, -0.15) is 18.3 Å². The van der Waals surface area contributed by atoms with Gasteiger partial charge in [0.2, 0.25) is 5.88 Å². The highest BCUT2D eigenvalue weighted by Crippen LogP contribution is 2.38. The summed E-state index contributed by atoms with van der Waals surface area (Å²) >= 11 is 11.9. The molecule has 1 unspecified atom stereocenters. The molecule has 0 fully saturated rings. The highest BCUT2D eigenvalue weighted by Gasteiger charge is 2.42. The summed E-state index contributed by atoms with van der Waals surface area (Å²) in [6.07, 6.45) is -4.94. The lowest BCUT2D eigenvalue weighted by atomic mass is 10.1. The summed E-state index contributed by atoms with van der Waals surface area (Å²) in [6.45, 7) is 3.08. The van der Waals surface area contributed by atoms with Gasteiger partial charge in [0.05, 0.1) is 21.7 Å². The van der Waals surface area contributed by atoms with Gasteiger partial charge in [-0.25, -0.2) is 9.48 Å². The molecule has 0 bridgehead atoms. The number of nitrogens with one attached hydrogen (secondary N) is 1. The summed E-state index contributed by atoms with van der Waals surface area (Å²) in [5.74, 6) is -2.56. The number of carboxylic acids is 1. The molecule has 0 saturated carbocycles. The maximum atomic E-state index is 13.8. The summed E-state index contributed by atoms with van der Waals surface area (Å²) in [5.41, 5.74) is -1.69. The largest absolute Gasteiger partial charge is 0.478 e. The number of hydrogen-bond donors (Lipinski definition) is 2. The summed E-state index contributed by atoms with van der Waals surface area (Å²) in [6, 6.07) is 8.92. The second kappa shape index (κ2) is 9.94. The van der Waals surface area contributed by atoms with Crippen LogP contribution in [0.3, 0.4) is 0 Å². The first kappa shape index (κ1) is 25.4. The summed E-state index contributed by atoms with van der Waals surface area (Å²) in [4.78, 5) is 24.1. The van der Waals surface area contributed by atoms with Crippen molar-refractivity contribution < 1.29 is 32.6 Å². The fourth-order valence-corrected chi connectivity index (χ4v) is 3.37. The lowest BCUT2D eigenvalue weighted by Gasteiger charge is -2.16. The SMILES string of the molecule is CCn1nc(C(F)(F)F)c(C(=O)NC(C)c2ccc(C(=O)O)cc2)c1Oc1ccc(Cl)c(Cl)c1. The van der Waals surface area contributed by atoms with Gasteiger partial charge in [-0.05, 0) is 43.7 Å². The van der Waals surface area contributed by atoms with Gasteiger partial charge in [0, 0.05) is 12.6 Å². The zero-order chi connectivity index (χ0) is 25.2. The molecular weight excluding hydrogens is 498 g/mol. The second-order valence-corrected chi connectivity index (χ2v) is 7.96. The number of nitrogens with zero attached hydrogens (tertiary/aromatic N) is 2. The zero-order valence-electron chi connectivity index (χ0n) is 17.8. The first-order valence-corrected chi connectivity index (χ1v) is 10.6. The molecule has 2 N–H and O–H groups in total. The molecule has 0 saturated heterocycles. The molecule has 12 heteroatoms. The van der Waals surface area contributed by atoms with Gasteiger partial charge in [0.25, 0.3) is 5.91 Å². The Bertz CT molecular complexity index is 1230. The second-order valence-electron chi connectivity index (χ2n) is 7.14.